The van der Waals surface area contributed by atoms with E-state index in [1.54, 1.807) is 25.3 Å². The molecule has 1 aliphatic rings. The molecule has 1 aromatic rings. The first-order chi connectivity index (χ1) is 10.1. The summed E-state index contributed by atoms with van der Waals surface area (Å²) in [5.41, 5.74) is 0.635. The maximum atomic E-state index is 12.7. The van der Waals surface area contributed by atoms with Crippen LogP contribution in [0.1, 0.15) is 31.1 Å². The predicted molar refractivity (Wildman–Crippen MR) is 82.1 cm³/mol. The number of benzene rings is 1. The summed E-state index contributed by atoms with van der Waals surface area (Å²) >= 11 is 0. The van der Waals surface area contributed by atoms with Crippen LogP contribution < -0.4 is 14.8 Å². The van der Waals surface area contributed by atoms with Crippen LogP contribution in [0.15, 0.2) is 18.2 Å². The molecule has 1 fully saturated rings. The van der Waals surface area contributed by atoms with Gasteiger partial charge in [-0.05, 0) is 39.0 Å². The third kappa shape index (κ3) is 3.29. The standard InChI is InChI=1S/C16H24N2O3/c1-5-21-14-7-6-13(10-15(14)20-4)16(19)18-9-8-17-11(2)12(18)3/h6-7,10-12,17H,5,8-9H2,1-4H3. The van der Waals surface area contributed by atoms with Gasteiger partial charge in [-0.25, -0.2) is 0 Å². The summed E-state index contributed by atoms with van der Waals surface area (Å²) in [6.45, 7) is 8.20. The third-order valence-corrected chi connectivity index (χ3v) is 4.01. The molecule has 5 heteroatoms. The SMILES string of the molecule is CCOc1ccc(C(=O)N2CCNC(C)C2C)cc1OC. The van der Waals surface area contributed by atoms with E-state index in [1.807, 2.05) is 11.8 Å². The van der Waals surface area contributed by atoms with Gasteiger partial charge >= 0.3 is 0 Å². The van der Waals surface area contributed by atoms with Crippen LogP contribution in [0.3, 0.4) is 0 Å². The highest BCUT2D eigenvalue weighted by Crippen LogP contribution is 2.29. The van der Waals surface area contributed by atoms with Crippen molar-refractivity contribution in [3.63, 3.8) is 0 Å². The van der Waals surface area contributed by atoms with Gasteiger partial charge in [0.05, 0.1) is 13.7 Å². The van der Waals surface area contributed by atoms with E-state index in [-0.39, 0.29) is 11.9 Å². The number of carbonyl (C=O) groups excluding carboxylic acids is 1. The molecule has 1 saturated heterocycles. The van der Waals surface area contributed by atoms with E-state index in [4.69, 9.17) is 9.47 Å². The van der Waals surface area contributed by atoms with E-state index in [1.165, 1.54) is 0 Å². The molecule has 116 valence electrons. The fourth-order valence-electron chi connectivity index (χ4n) is 2.58. The zero-order chi connectivity index (χ0) is 15.4. The minimum absolute atomic E-state index is 0.0391. The van der Waals surface area contributed by atoms with Gasteiger partial charge in [0.1, 0.15) is 0 Å². The Kier molecular flexibility index (Phi) is 5.07. The lowest BCUT2D eigenvalue weighted by molar-refractivity contribution is 0.0602. The Morgan fingerprint density at radius 2 is 2.14 bits per heavy atom. The molecule has 1 amide bonds. The number of piperazine rings is 1. The van der Waals surface area contributed by atoms with Crippen LogP contribution in [0, 0.1) is 0 Å². The molecule has 0 radical (unpaired) electrons. The summed E-state index contributed by atoms with van der Waals surface area (Å²) in [6.07, 6.45) is 0. The molecule has 1 N–H and O–H groups in total. The summed E-state index contributed by atoms with van der Waals surface area (Å²) in [5, 5.41) is 3.38. The quantitative estimate of drug-likeness (QED) is 0.921. The van der Waals surface area contributed by atoms with E-state index >= 15 is 0 Å². The summed E-state index contributed by atoms with van der Waals surface area (Å²) in [5.74, 6) is 1.30. The summed E-state index contributed by atoms with van der Waals surface area (Å²) < 4.78 is 10.8. The van der Waals surface area contributed by atoms with E-state index in [0.717, 1.165) is 13.1 Å². The lowest BCUT2D eigenvalue weighted by atomic mass is 10.1. The van der Waals surface area contributed by atoms with E-state index in [0.29, 0.717) is 29.7 Å². The zero-order valence-corrected chi connectivity index (χ0v) is 13.2. The lowest BCUT2D eigenvalue weighted by Gasteiger charge is -2.38. The number of nitrogens with zero attached hydrogens (tertiary/aromatic N) is 1. The molecule has 1 heterocycles. The third-order valence-electron chi connectivity index (χ3n) is 4.01. The molecule has 0 aromatic heterocycles. The summed E-state index contributed by atoms with van der Waals surface area (Å²) in [4.78, 5) is 14.6. The number of ether oxygens (including phenoxy) is 2. The second-order valence-electron chi connectivity index (χ2n) is 5.28. The van der Waals surface area contributed by atoms with Crippen molar-refractivity contribution in [2.75, 3.05) is 26.8 Å². The van der Waals surface area contributed by atoms with Crippen molar-refractivity contribution in [3.05, 3.63) is 23.8 Å². The maximum Gasteiger partial charge on any atom is 0.254 e. The number of amides is 1. The number of nitrogens with one attached hydrogen (secondary N) is 1. The fourth-order valence-corrected chi connectivity index (χ4v) is 2.58. The largest absolute Gasteiger partial charge is 0.493 e. The first kappa shape index (κ1) is 15.6. The highest BCUT2D eigenvalue weighted by molar-refractivity contribution is 5.95. The first-order valence-electron chi connectivity index (χ1n) is 7.43. The average molecular weight is 292 g/mol. The Morgan fingerprint density at radius 3 is 2.81 bits per heavy atom. The number of rotatable bonds is 4. The van der Waals surface area contributed by atoms with Gasteiger partial charge in [-0.1, -0.05) is 0 Å². The van der Waals surface area contributed by atoms with Crippen LogP contribution in [0.4, 0.5) is 0 Å². The molecule has 0 bridgehead atoms. The Morgan fingerprint density at radius 1 is 1.38 bits per heavy atom. The van der Waals surface area contributed by atoms with Gasteiger partial charge in [0.25, 0.3) is 5.91 Å². The summed E-state index contributed by atoms with van der Waals surface area (Å²) in [7, 11) is 1.58. The molecule has 21 heavy (non-hydrogen) atoms. The summed E-state index contributed by atoms with van der Waals surface area (Å²) in [6, 6.07) is 5.82. The normalized spacial score (nSPS) is 22.0. The highest BCUT2D eigenvalue weighted by Gasteiger charge is 2.29. The van der Waals surface area contributed by atoms with E-state index in [9.17, 15) is 4.79 Å². The smallest absolute Gasteiger partial charge is 0.254 e. The van der Waals surface area contributed by atoms with Crippen LogP contribution in [0.25, 0.3) is 0 Å². The van der Waals surface area contributed by atoms with Gasteiger partial charge in [-0.15, -0.1) is 0 Å². The van der Waals surface area contributed by atoms with Crippen LogP contribution >= 0.6 is 0 Å². The first-order valence-corrected chi connectivity index (χ1v) is 7.43. The molecule has 1 aliphatic heterocycles. The van der Waals surface area contributed by atoms with Crippen LogP contribution in [-0.2, 0) is 0 Å². The molecule has 1 aromatic carbocycles. The molecule has 0 saturated carbocycles. The Hall–Kier alpha value is -1.75. The van der Waals surface area contributed by atoms with Crippen molar-refractivity contribution in [1.29, 1.82) is 0 Å². The average Bonchev–Trinajstić information content (AvgIpc) is 2.50. The van der Waals surface area contributed by atoms with Crippen LogP contribution in [-0.4, -0.2) is 49.7 Å². The molecular formula is C16H24N2O3. The Labute approximate surface area is 126 Å². The highest BCUT2D eigenvalue weighted by atomic mass is 16.5. The molecule has 2 atom stereocenters. The van der Waals surface area contributed by atoms with E-state index in [2.05, 4.69) is 19.2 Å². The minimum atomic E-state index is 0.0391. The minimum Gasteiger partial charge on any atom is -0.493 e. The monoisotopic (exact) mass is 292 g/mol. The fraction of sp³-hybridized carbons (Fsp3) is 0.562. The number of methoxy groups -OCH3 is 1. The van der Waals surface area contributed by atoms with Gasteiger partial charge < -0.3 is 19.7 Å². The van der Waals surface area contributed by atoms with Crippen molar-refractivity contribution >= 4 is 5.91 Å². The van der Waals surface area contributed by atoms with Gasteiger partial charge in [0.2, 0.25) is 0 Å². The van der Waals surface area contributed by atoms with Gasteiger partial charge in [0.15, 0.2) is 11.5 Å². The van der Waals surface area contributed by atoms with Crippen molar-refractivity contribution in [1.82, 2.24) is 10.2 Å². The number of hydrogen-bond donors (Lipinski definition) is 1. The van der Waals surface area contributed by atoms with Gasteiger partial charge in [-0.2, -0.15) is 0 Å². The topological polar surface area (TPSA) is 50.8 Å². The molecular weight excluding hydrogens is 268 g/mol. The molecule has 5 nitrogen and oxygen atoms in total. The van der Waals surface area contributed by atoms with Crippen molar-refractivity contribution < 1.29 is 14.3 Å². The molecule has 2 rings (SSSR count). The second-order valence-corrected chi connectivity index (χ2v) is 5.28. The maximum absolute atomic E-state index is 12.7. The molecule has 0 spiro atoms. The molecule has 0 aliphatic carbocycles. The van der Waals surface area contributed by atoms with Crippen LogP contribution in [0.5, 0.6) is 11.5 Å². The lowest BCUT2D eigenvalue weighted by Crippen LogP contribution is -2.57. The van der Waals surface area contributed by atoms with Gasteiger partial charge in [-0.3, -0.25) is 4.79 Å². The molecule has 2 unspecified atom stereocenters. The van der Waals surface area contributed by atoms with Crippen molar-refractivity contribution in [3.8, 4) is 11.5 Å². The van der Waals surface area contributed by atoms with E-state index < -0.39 is 0 Å². The zero-order valence-electron chi connectivity index (χ0n) is 13.2. The second kappa shape index (κ2) is 6.80. The van der Waals surface area contributed by atoms with Crippen molar-refractivity contribution in [2.45, 2.75) is 32.9 Å². The number of carbonyl (C=O) groups is 1. The van der Waals surface area contributed by atoms with Crippen molar-refractivity contribution in [2.24, 2.45) is 0 Å². The number of hydrogen-bond acceptors (Lipinski definition) is 4. The Balaban J connectivity index is 2.22. The van der Waals surface area contributed by atoms with Crippen LogP contribution in [0.2, 0.25) is 0 Å². The van der Waals surface area contributed by atoms with Gasteiger partial charge in [0, 0.05) is 30.7 Å². The Bertz CT molecular complexity index is 504. The predicted octanol–water partition coefficient (Wildman–Crippen LogP) is 1.92.